The zero-order valence-electron chi connectivity index (χ0n) is 12.6. The van der Waals surface area contributed by atoms with Crippen molar-refractivity contribution in [3.8, 4) is 0 Å². The number of hydrogen-bond donors (Lipinski definition) is 0. The summed E-state index contributed by atoms with van der Waals surface area (Å²) >= 11 is 0. The lowest BCUT2D eigenvalue weighted by molar-refractivity contribution is -0.151. The molecule has 0 saturated carbocycles. The first-order chi connectivity index (χ1) is 8.71. The van der Waals surface area contributed by atoms with Crippen molar-refractivity contribution in [1.82, 2.24) is 0 Å². The number of esters is 1. The number of carbonyl (C=O) groups is 2. The molecule has 19 heavy (non-hydrogen) atoms. The van der Waals surface area contributed by atoms with Crippen LogP contribution in [0.3, 0.4) is 0 Å². The number of carbonyl (C=O) groups excluding carboxylic acids is 2. The number of aldehydes is 1. The van der Waals surface area contributed by atoms with Crippen LogP contribution < -0.4 is 0 Å². The Morgan fingerprint density at radius 1 is 1.26 bits per heavy atom. The highest BCUT2D eigenvalue weighted by molar-refractivity contribution is 5.79. The van der Waals surface area contributed by atoms with E-state index in [0.29, 0.717) is 11.3 Å². The average molecular weight is 268 g/mol. The Morgan fingerprint density at radius 3 is 1.95 bits per heavy atom. The molecule has 0 aromatic carbocycles. The van der Waals surface area contributed by atoms with E-state index >= 15 is 0 Å². The predicted octanol–water partition coefficient (Wildman–Crippen LogP) is 3.20. The quantitative estimate of drug-likeness (QED) is 0.258. The second-order valence-electron chi connectivity index (χ2n) is 4.54. The first kappa shape index (κ1) is 19.5. The third-order valence-electron chi connectivity index (χ3n) is 1.64. The Balaban J connectivity index is 0. The first-order valence-electron chi connectivity index (χ1n) is 5.90. The normalized spacial score (nSPS) is 11.9. The lowest BCUT2D eigenvalue weighted by atomic mass is 10.2. The summed E-state index contributed by atoms with van der Waals surface area (Å²) in [4.78, 5) is 20.7. The van der Waals surface area contributed by atoms with E-state index in [1.807, 2.05) is 20.8 Å². The lowest BCUT2D eigenvalue weighted by Crippen LogP contribution is -2.21. The van der Waals surface area contributed by atoms with E-state index in [4.69, 9.17) is 9.47 Å². The van der Waals surface area contributed by atoms with Crippen LogP contribution in [0.5, 0.6) is 0 Å². The number of allylic oxidation sites excluding steroid dienone is 4. The Bertz CT molecular complexity index is 357. The Hall–Kier alpha value is -1.84. The van der Waals surface area contributed by atoms with E-state index in [1.54, 1.807) is 25.2 Å². The maximum atomic E-state index is 10.4. The van der Waals surface area contributed by atoms with Crippen molar-refractivity contribution in [1.29, 1.82) is 0 Å². The van der Waals surface area contributed by atoms with Gasteiger partial charge in [-0.1, -0.05) is 12.7 Å². The number of methoxy groups -OCH3 is 1. The SMILES string of the molecule is C=C/C=C(C=O)\C(=C/C)OC.CC(=O)OC(C)(C)C. The third-order valence-corrected chi connectivity index (χ3v) is 1.64. The van der Waals surface area contributed by atoms with E-state index in [9.17, 15) is 9.59 Å². The molecule has 0 atom stereocenters. The molecule has 0 aliphatic rings. The van der Waals surface area contributed by atoms with Gasteiger partial charge < -0.3 is 9.47 Å². The molecule has 0 unspecified atom stereocenters. The van der Waals surface area contributed by atoms with Gasteiger partial charge in [0.1, 0.15) is 11.4 Å². The van der Waals surface area contributed by atoms with Gasteiger partial charge in [0.25, 0.3) is 0 Å². The van der Waals surface area contributed by atoms with Crippen LogP contribution in [-0.2, 0) is 19.1 Å². The summed E-state index contributed by atoms with van der Waals surface area (Å²) in [5, 5.41) is 0. The highest BCUT2D eigenvalue weighted by Crippen LogP contribution is 2.07. The van der Waals surface area contributed by atoms with Gasteiger partial charge in [-0.15, -0.1) is 0 Å². The van der Waals surface area contributed by atoms with E-state index in [1.165, 1.54) is 14.0 Å². The summed E-state index contributed by atoms with van der Waals surface area (Å²) < 4.78 is 9.72. The minimum absolute atomic E-state index is 0.225. The van der Waals surface area contributed by atoms with Gasteiger partial charge in [-0.2, -0.15) is 0 Å². The summed E-state index contributed by atoms with van der Waals surface area (Å²) in [7, 11) is 1.52. The van der Waals surface area contributed by atoms with Crippen LogP contribution in [0.4, 0.5) is 0 Å². The second kappa shape index (κ2) is 10.1. The maximum Gasteiger partial charge on any atom is 0.303 e. The summed E-state index contributed by atoms with van der Waals surface area (Å²) in [6, 6.07) is 0. The van der Waals surface area contributed by atoms with E-state index < -0.39 is 0 Å². The molecule has 0 aromatic rings. The fraction of sp³-hybridized carbons (Fsp3) is 0.467. The van der Waals surface area contributed by atoms with Crippen LogP contribution in [-0.4, -0.2) is 25.0 Å². The molecule has 0 rings (SSSR count). The molecule has 0 aliphatic carbocycles. The fourth-order valence-corrected chi connectivity index (χ4v) is 1.14. The van der Waals surface area contributed by atoms with Gasteiger partial charge in [-0.3, -0.25) is 9.59 Å². The van der Waals surface area contributed by atoms with Crippen molar-refractivity contribution >= 4 is 12.3 Å². The molecule has 4 nitrogen and oxygen atoms in total. The van der Waals surface area contributed by atoms with Gasteiger partial charge in [0.2, 0.25) is 0 Å². The molecule has 0 saturated heterocycles. The van der Waals surface area contributed by atoms with Crippen LogP contribution >= 0.6 is 0 Å². The zero-order chi connectivity index (χ0) is 15.5. The van der Waals surface area contributed by atoms with Gasteiger partial charge >= 0.3 is 5.97 Å². The van der Waals surface area contributed by atoms with Gasteiger partial charge in [0, 0.05) is 6.92 Å². The van der Waals surface area contributed by atoms with Crippen LogP contribution in [0.15, 0.2) is 36.1 Å². The second-order valence-corrected chi connectivity index (χ2v) is 4.54. The fourth-order valence-electron chi connectivity index (χ4n) is 1.14. The number of hydrogen-bond acceptors (Lipinski definition) is 4. The van der Waals surface area contributed by atoms with Gasteiger partial charge in [-0.05, 0) is 39.8 Å². The monoisotopic (exact) mass is 268 g/mol. The van der Waals surface area contributed by atoms with Crippen LogP contribution in [0.1, 0.15) is 34.6 Å². The third kappa shape index (κ3) is 12.4. The first-order valence-corrected chi connectivity index (χ1v) is 5.90. The maximum absolute atomic E-state index is 10.4. The van der Waals surface area contributed by atoms with Crippen LogP contribution in [0.2, 0.25) is 0 Å². The van der Waals surface area contributed by atoms with Crippen LogP contribution in [0.25, 0.3) is 0 Å². The van der Waals surface area contributed by atoms with Crippen molar-refractivity contribution in [3.05, 3.63) is 36.1 Å². The highest BCUT2D eigenvalue weighted by Gasteiger charge is 2.11. The Kier molecular flexibility index (Phi) is 10.4. The molecule has 0 amide bonds. The standard InChI is InChI=1S/C9H12O2.C6H12O2/c1-4-6-8(7-10)9(5-2)11-3;1-5(7)8-6(2,3)4/h4-7H,1H2,2-3H3;1-4H3/b8-6-,9-5+;. The molecule has 0 fully saturated rings. The molecule has 4 heteroatoms. The molecule has 0 aromatic heterocycles. The van der Waals surface area contributed by atoms with Crippen molar-refractivity contribution in [2.45, 2.75) is 40.2 Å². The van der Waals surface area contributed by atoms with Gasteiger partial charge in [-0.25, -0.2) is 0 Å². The number of rotatable bonds is 4. The van der Waals surface area contributed by atoms with Crippen molar-refractivity contribution < 1.29 is 19.1 Å². The molecule has 0 bridgehead atoms. The molecular weight excluding hydrogens is 244 g/mol. The Morgan fingerprint density at radius 2 is 1.79 bits per heavy atom. The molecular formula is C15H24O4. The summed E-state index contributed by atoms with van der Waals surface area (Å²) in [6.07, 6.45) is 5.61. The molecule has 108 valence electrons. The van der Waals surface area contributed by atoms with Crippen LogP contribution in [0, 0.1) is 0 Å². The molecule has 0 N–H and O–H groups in total. The predicted molar refractivity (Wildman–Crippen MR) is 76.6 cm³/mol. The Labute approximate surface area is 115 Å². The molecule has 0 radical (unpaired) electrons. The van der Waals surface area contributed by atoms with Crippen molar-refractivity contribution in [3.63, 3.8) is 0 Å². The van der Waals surface area contributed by atoms with Gasteiger partial charge in [0.05, 0.1) is 12.7 Å². The topological polar surface area (TPSA) is 52.6 Å². The largest absolute Gasteiger partial charge is 0.496 e. The average Bonchev–Trinajstić information content (AvgIpc) is 2.26. The lowest BCUT2D eigenvalue weighted by Gasteiger charge is -2.17. The van der Waals surface area contributed by atoms with Crippen molar-refractivity contribution in [2.75, 3.05) is 7.11 Å². The summed E-state index contributed by atoms with van der Waals surface area (Å²) in [5.41, 5.74) is 0.177. The molecule has 0 heterocycles. The minimum Gasteiger partial charge on any atom is -0.496 e. The van der Waals surface area contributed by atoms with E-state index in [0.717, 1.165) is 6.29 Å². The van der Waals surface area contributed by atoms with E-state index in [2.05, 4.69) is 6.58 Å². The molecule has 0 aliphatic heterocycles. The smallest absolute Gasteiger partial charge is 0.303 e. The number of ether oxygens (including phenoxy) is 2. The van der Waals surface area contributed by atoms with Gasteiger partial charge in [0.15, 0.2) is 6.29 Å². The highest BCUT2D eigenvalue weighted by atomic mass is 16.6. The van der Waals surface area contributed by atoms with E-state index in [-0.39, 0.29) is 11.6 Å². The molecule has 0 spiro atoms. The summed E-state index contributed by atoms with van der Waals surface area (Å²) in [5.74, 6) is 0.345. The van der Waals surface area contributed by atoms with Crippen molar-refractivity contribution in [2.24, 2.45) is 0 Å². The zero-order valence-corrected chi connectivity index (χ0v) is 12.6. The summed E-state index contributed by atoms with van der Waals surface area (Å²) in [6.45, 7) is 12.2. The minimum atomic E-state index is -0.328.